The van der Waals surface area contributed by atoms with Crippen LogP contribution >= 0.6 is 0 Å². The topological polar surface area (TPSA) is 91.7 Å². The van der Waals surface area contributed by atoms with Crippen molar-refractivity contribution >= 4 is 17.8 Å². The van der Waals surface area contributed by atoms with Gasteiger partial charge in [-0.1, -0.05) is 19.3 Å². The molecule has 0 atom stereocenters. The van der Waals surface area contributed by atoms with Crippen LogP contribution in [-0.2, 0) is 0 Å². The smallest absolute Gasteiger partial charge is 0.347 e. The van der Waals surface area contributed by atoms with E-state index < -0.39 is 11.9 Å². The van der Waals surface area contributed by atoms with E-state index in [1.165, 1.54) is 37.5 Å². The first-order chi connectivity index (χ1) is 16.0. The zero-order valence-corrected chi connectivity index (χ0v) is 19.6. The Bertz CT molecular complexity index is 831. The van der Waals surface area contributed by atoms with E-state index in [1.807, 2.05) is 0 Å². The third-order valence-electron chi connectivity index (χ3n) is 8.62. The summed E-state index contributed by atoms with van der Waals surface area (Å²) in [4.78, 5) is 38.7. The first-order valence-electron chi connectivity index (χ1n) is 13.0. The molecule has 180 valence electrons. The number of hydrogen-bond acceptors (Lipinski definition) is 3. The second kappa shape index (κ2) is 10.4. The number of carboxylic acids is 2. The highest BCUT2D eigenvalue weighted by atomic mass is 16.4. The molecule has 0 saturated heterocycles. The van der Waals surface area contributed by atoms with Crippen LogP contribution < -0.4 is 0 Å². The second-order valence-electron chi connectivity index (χ2n) is 10.4. The third-order valence-corrected chi connectivity index (χ3v) is 8.62. The molecule has 0 aliphatic heterocycles. The van der Waals surface area contributed by atoms with Gasteiger partial charge < -0.3 is 10.2 Å². The minimum Gasteiger partial charge on any atom is -0.478 e. The minimum absolute atomic E-state index is 0.0163. The van der Waals surface area contributed by atoms with Crippen molar-refractivity contribution in [2.45, 2.75) is 114 Å². The van der Waals surface area contributed by atoms with Crippen LogP contribution in [-0.4, -0.2) is 50.7 Å². The Hall–Kier alpha value is -2.21. The average molecular weight is 457 g/mol. The first-order valence-corrected chi connectivity index (χ1v) is 13.0. The average Bonchev–Trinajstić information content (AvgIpc) is 2.86. The molecule has 2 N–H and O–H groups in total. The van der Waals surface area contributed by atoms with Crippen LogP contribution in [0.25, 0.3) is 0 Å². The van der Waals surface area contributed by atoms with Gasteiger partial charge in [-0.2, -0.15) is 0 Å². The Morgan fingerprint density at radius 1 is 0.606 bits per heavy atom. The molecule has 6 nitrogen and oxygen atoms in total. The molecule has 6 heteroatoms. The normalized spacial score (nSPS) is 21.6. The van der Waals surface area contributed by atoms with Crippen LogP contribution in [0.15, 0.2) is 18.2 Å². The number of carboxylic acid groups (broad SMARTS) is 2. The zero-order valence-electron chi connectivity index (χ0n) is 19.6. The Morgan fingerprint density at radius 2 is 1.03 bits per heavy atom. The molecule has 3 saturated carbocycles. The van der Waals surface area contributed by atoms with Crippen molar-refractivity contribution in [1.82, 2.24) is 0 Å². The molecule has 0 bridgehead atoms. The summed E-state index contributed by atoms with van der Waals surface area (Å²) in [5.41, 5.74) is 0.0245. The van der Waals surface area contributed by atoms with Crippen molar-refractivity contribution < 1.29 is 29.1 Å². The lowest BCUT2D eigenvalue weighted by atomic mass is 9.79. The van der Waals surface area contributed by atoms with Crippen LogP contribution in [0, 0.1) is 0 Å². The summed E-state index contributed by atoms with van der Waals surface area (Å²) in [6.07, 6.45) is 16.2. The largest absolute Gasteiger partial charge is 0.478 e. The molecular weight excluding hydrogens is 418 g/mol. The number of aromatic carboxylic acids is 2. The molecule has 3 aliphatic carbocycles. The van der Waals surface area contributed by atoms with Crippen LogP contribution in [0.1, 0.15) is 127 Å². The number of carbonyl (C=O) groups excluding carboxylic acids is 1. The summed E-state index contributed by atoms with van der Waals surface area (Å²) in [5.74, 6) is -2.42. The standard InChI is InChI=1S/C27H37NO5/c29-25(24-18-19(26(30)31)16-17-23(24)27(32)33)28(20-10-4-1-5-11-20,21-12-6-2-7-13-21)22-14-8-3-9-15-22/h16-18,20-22H,1-15H2,(H-,30,31,32,33)/p+1. The summed E-state index contributed by atoms with van der Waals surface area (Å²) >= 11 is 0. The van der Waals surface area contributed by atoms with Gasteiger partial charge in [0.2, 0.25) is 0 Å². The lowest BCUT2D eigenvalue weighted by Gasteiger charge is -2.55. The molecule has 33 heavy (non-hydrogen) atoms. The van der Waals surface area contributed by atoms with Crippen molar-refractivity contribution in [2.24, 2.45) is 0 Å². The molecule has 1 aromatic carbocycles. The molecule has 3 fully saturated rings. The van der Waals surface area contributed by atoms with E-state index in [1.54, 1.807) is 0 Å². The SMILES string of the molecule is O=C(O)c1ccc(C(=O)O)c(C(=O)[N+](C2CCCCC2)(C2CCCCC2)C2CCCCC2)c1. The fraction of sp³-hybridized carbons (Fsp3) is 0.667. The highest BCUT2D eigenvalue weighted by molar-refractivity contribution is 6.04. The van der Waals surface area contributed by atoms with E-state index in [2.05, 4.69) is 0 Å². The first kappa shape index (κ1) is 23.9. The van der Waals surface area contributed by atoms with Gasteiger partial charge >= 0.3 is 17.8 Å². The molecule has 3 aliphatic rings. The third kappa shape index (κ3) is 4.59. The number of quaternary nitrogens is 1. The molecule has 0 aromatic heterocycles. The summed E-state index contributed by atoms with van der Waals surface area (Å²) in [6, 6.07) is 4.57. The Labute approximate surface area is 196 Å². The number of carbonyl (C=O) groups is 3. The Balaban J connectivity index is 1.91. The number of benzene rings is 1. The van der Waals surface area contributed by atoms with E-state index in [9.17, 15) is 24.6 Å². The van der Waals surface area contributed by atoms with Gasteiger partial charge in [-0.3, -0.25) is 0 Å². The van der Waals surface area contributed by atoms with Crippen molar-refractivity contribution in [3.63, 3.8) is 0 Å². The molecule has 1 aromatic rings. The van der Waals surface area contributed by atoms with Crippen molar-refractivity contribution in [1.29, 1.82) is 0 Å². The number of hydrogen-bond donors (Lipinski definition) is 2. The van der Waals surface area contributed by atoms with Gasteiger partial charge in [0.05, 0.1) is 34.8 Å². The molecule has 0 radical (unpaired) electrons. The number of rotatable bonds is 6. The summed E-state index contributed by atoms with van der Waals surface area (Å²) < 4.78 is 0.378. The maximum atomic E-state index is 14.8. The van der Waals surface area contributed by atoms with Crippen LogP contribution in [0.4, 0.5) is 0 Å². The fourth-order valence-electron chi connectivity index (χ4n) is 7.17. The van der Waals surface area contributed by atoms with Gasteiger partial charge in [-0.25, -0.2) is 18.9 Å². The molecular formula is C27H38NO5+. The quantitative estimate of drug-likeness (QED) is 0.509. The van der Waals surface area contributed by atoms with Gasteiger partial charge in [-0.15, -0.1) is 0 Å². The second-order valence-corrected chi connectivity index (χ2v) is 10.4. The van der Waals surface area contributed by atoms with Crippen LogP contribution in [0.5, 0.6) is 0 Å². The van der Waals surface area contributed by atoms with Crippen molar-refractivity contribution in [2.75, 3.05) is 0 Å². The fourth-order valence-corrected chi connectivity index (χ4v) is 7.17. The van der Waals surface area contributed by atoms with Crippen molar-refractivity contribution in [3.8, 4) is 0 Å². The van der Waals surface area contributed by atoms with E-state index in [0.29, 0.717) is 4.48 Å². The van der Waals surface area contributed by atoms with Crippen LogP contribution in [0.3, 0.4) is 0 Å². The van der Waals surface area contributed by atoms with E-state index in [4.69, 9.17) is 0 Å². The van der Waals surface area contributed by atoms with Crippen molar-refractivity contribution in [3.05, 3.63) is 34.9 Å². The van der Waals surface area contributed by atoms with Gasteiger partial charge in [0, 0.05) is 0 Å². The molecule has 0 spiro atoms. The van der Waals surface area contributed by atoms with Crippen LogP contribution in [0.2, 0.25) is 0 Å². The van der Waals surface area contributed by atoms with E-state index in [-0.39, 0.29) is 40.7 Å². The molecule has 0 heterocycles. The molecule has 0 unspecified atom stereocenters. The van der Waals surface area contributed by atoms with E-state index >= 15 is 0 Å². The summed E-state index contributed by atoms with van der Waals surface area (Å²) in [7, 11) is 0. The lowest BCUT2D eigenvalue weighted by molar-refractivity contribution is -0.926. The number of amides is 1. The maximum absolute atomic E-state index is 14.8. The van der Waals surface area contributed by atoms with Gasteiger partial charge in [0.15, 0.2) is 0 Å². The molecule has 4 rings (SSSR count). The summed E-state index contributed by atoms with van der Waals surface area (Å²) in [6.45, 7) is 0. The van der Waals surface area contributed by atoms with E-state index in [0.717, 1.165) is 77.0 Å². The summed E-state index contributed by atoms with van der Waals surface area (Å²) in [5, 5.41) is 19.5. The Morgan fingerprint density at radius 3 is 1.39 bits per heavy atom. The predicted octanol–water partition coefficient (Wildman–Crippen LogP) is 6.04. The molecule has 1 amide bonds. The number of nitrogens with zero attached hydrogens (tertiary/aromatic N) is 1. The monoisotopic (exact) mass is 456 g/mol. The zero-order chi connectivity index (χ0) is 23.4. The maximum Gasteiger partial charge on any atom is 0.347 e. The highest BCUT2D eigenvalue weighted by Gasteiger charge is 2.56. The predicted molar refractivity (Wildman–Crippen MR) is 126 cm³/mol. The van der Waals surface area contributed by atoms with Gasteiger partial charge in [-0.05, 0) is 95.2 Å². The lowest BCUT2D eigenvalue weighted by Crippen LogP contribution is -2.70. The van der Waals surface area contributed by atoms with Gasteiger partial charge in [0.1, 0.15) is 0 Å². The highest BCUT2D eigenvalue weighted by Crippen LogP contribution is 2.45. The minimum atomic E-state index is -1.16. The Kier molecular flexibility index (Phi) is 7.52. The van der Waals surface area contributed by atoms with Gasteiger partial charge in [0.25, 0.3) is 0 Å².